The largest absolute Gasteiger partial charge is 0.352 e. The Hall–Kier alpha value is -2.63. The number of carbonyl (C=O) groups excluding carboxylic acids is 3. The lowest BCUT2D eigenvalue weighted by Gasteiger charge is -2.14. The lowest BCUT2D eigenvalue weighted by molar-refractivity contribution is -0.130. The minimum atomic E-state index is -0.227. The first kappa shape index (κ1) is 18.2. The summed E-state index contributed by atoms with van der Waals surface area (Å²) < 4.78 is 0. The summed E-state index contributed by atoms with van der Waals surface area (Å²) in [5, 5.41) is 5.67. The Morgan fingerprint density at radius 3 is 2.42 bits per heavy atom. The van der Waals surface area contributed by atoms with E-state index in [-0.39, 0.29) is 17.7 Å². The number of benzene rings is 1. The Morgan fingerprint density at radius 2 is 1.77 bits per heavy atom. The molecule has 1 heterocycles. The van der Waals surface area contributed by atoms with Crippen LogP contribution in [0, 0.1) is 0 Å². The van der Waals surface area contributed by atoms with Crippen LogP contribution in [0.1, 0.15) is 48.0 Å². The van der Waals surface area contributed by atoms with Gasteiger partial charge in [-0.3, -0.25) is 14.4 Å². The third kappa shape index (κ3) is 5.44. The van der Waals surface area contributed by atoms with E-state index in [1.807, 2.05) is 17.0 Å². The van der Waals surface area contributed by atoms with E-state index in [4.69, 9.17) is 0 Å². The van der Waals surface area contributed by atoms with Crippen molar-refractivity contribution in [3.05, 3.63) is 41.5 Å². The van der Waals surface area contributed by atoms with Crippen LogP contribution in [0.5, 0.6) is 0 Å². The molecule has 2 fully saturated rings. The minimum absolute atomic E-state index is 0.0524. The van der Waals surface area contributed by atoms with Crippen LogP contribution < -0.4 is 10.6 Å². The molecule has 26 heavy (non-hydrogen) atoms. The SMILES string of the molecule is O=C(/C=C/c1ccc(C(=O)NC2CC2)cc1)NCCC(=O)N1CCCC1. The van der Waals surface area contributed by atoms with Crippen molar-refractivity contribution < 1.29 is 14.4 Å². The molecule has 1 aliphatic carbocycles. The molecule has 3 rings (SSSR count). The number of hydrogen-bond acceptors (Lipinski definition) is 3. The van der Waals surface area contributed by atoms with Crippen molar-refractivity contribution in [3.63, 3.8) is 0 Å². The third-order valence-corrected chi connectivity index (χ3v) is 4.61. The number of likely N-dealkylation sites (tertiary alicyclic amines) is 1. The summed E-state index contributed by atoms with van der Waals surface area (Å²) >= 11 is 0. The van der Waals surface area contributed by atoms with Crippen LogP contribution in [-0.4, -0.2) is 48.3 Å². The summed E-state index contributed by atoms with van der Waals surface area (Å²) in [4.78, 5) is 37.5. The maximum absolute atomic E-state index is 11.9. The number of nitrogens with zero attached hydrogens (tertiary/aromatic N) is 1. The smallest absolute Gasteiger partial charge is 0.251 e. The number of rotatable bonds is 7. The second-order valence-electron chi connectivity index (χ2n) is 6.83. The van der Waals surface area contributed by atoms with Gasteiger partial charge in [-0.2, -0.15) is 0 Å². The van der Waals surface area contributed by atoms with Gasteiger partial charge in [-0.25, -0.2) is 0 Å². The summed E-state index contributed by atoms with van der Waals surface area (Å²) in [7, 11) is 0. The molecule has 3 amide bonds. The second-order valence-corrected chi connectivity index (χ2v) is 6.83. The van der Waals surface area contributed by atoms with Crippen molar-refractivity contribution in [3.8, 4) is 0 Å². The predicted octanol–water partition coefficient (Wildman–Crippen LogP) is 1.72. The fourth-order valence-electron chi connectivity index (χ4n) is 2.89. The molecule has 1 saturated carbocycles. The summed E-state index contributed by atoms with van der Waals surface area (Å²) in [6.07, 6.45) is 7.74. The summed E-state index contributed by atoms with van der Waals surface area (Å²) in [6, 6.07) is 7.46. The first-order valence-corrected chi connectivity index (χ1v) is 9.26. The number of amides is 3. The third-order valence-electron chi connectivity index (χ3n) is 4.61. The van der Waals surface area contributed by atoms with Gasteiger partial charge < -0.3 is 15.5 Å². The molecule has 138 valence electrons. The van der Waals surface area contributed by atoms with Crippen LogP contribution in [0.4, 0.5) is 0 Å². The fourth-order valence-corrected chi connectivity index (χ4v) is 2.89. The molecule has 1 aliphatic heterocycles. The zero-order valence-corrected chi connectivity index (χ0v) is 14.9. The topological polar surface area (TPSA) is 78.5 Å². The Balaban J connectivity index is 1.39. The van der Waals surface area contributed by atoms with Gasteiger partial charge >= 0.3 is 0 Å². The molecule has 1 aromatic carbocycles. The molecular formula is C20H25N3O3. The van der Waals surface area contributed by atoms with Crippen molar-refractivity contribution in [2.24, 2.45) is 0 Å². The van der Waals surface area contributed by atoms with Gasteiger partial charge in [-0.15, -0.1) is 0 Å². The predicted molar refractivity (Wildman–Crippen MR) is 99.4 cm³/mol. The van der Waals surface area contributed by atoms with E-state index >= 15 is 0 Å². The van der Waals surface area contributed by atoms with Gasteiger partial charge in [0.05, 0.1) is 0 Å². The average molecular weight is 355 g/mol. The van der Waals surface area contributed by atoms with E-state index in [9.17, 15) is 14.4 Å². The molecule has 0 unspecified atom stereocenters. The molecular weight excluding hydrogens is 330 g/mol. The van der Waals surface area contributed by atoms with E-state index < -0.39 is 0 Å². The molecule has 2 aliphatic rings. The van der Waals surface area contributed by atoms with E-state index in [1.54, 1.807) is 18.2 Å². The van der Waals surface area contributed by atoms with Gasteiger partial charge in [-0.1, -0.05) is 12.1 Å². The highest BCUT2D eigenvalue weighted by atomic mass is 16.2. The number of carbonyl (C=O) groups is 3. The fraction of sp³-hybridized carbons (Fsp3) is 0.450. The molecule has 0 bridgehead atoms. The summed E-state index contributed by atoms with van der Waals surface area (Å²) in [5.41, 5.74) is 1.47. The first-order valence-electron chi connectivity index (χ1n) is 9.26. The molecule has 2 N–H and O–H groups in total. The highest BCUT2D eigenvalue weighted by Crippen LogP contribution is 2.19. The molecule has 0 aromatic heterocycles. The maximum atomic E-state index is 11.9. The molecule has 1 saturated heterocycles. The summed E-state index contributed by atoms with van der Waals surface area (Å²) in [6.45, 7) is 2.02. The van der Waals surface area contributed by atoms with Crippen LogP contribution in [0.25, 0.3) is 6.08 Å². The Morgan fingerprint density at radius 1 is 1.08 bits per heavy atom. The quantitative estimate of drug-likeness (QED) is 0.731. The lowest BCUT2D eigenvalue weighted by Crippen LogP contribution is -2.32. The minimum Gasteiger partial charge on any atom is -0.352 e. The summed E-state index contributed by atoms with van der Waals surface area (Å²) in [5.74, 6) is -0.176. The van der Waals surface area contributed by atoms with Crippen LogP contribution in [0.3, 0.4) is 0 Å². The van der Waals surface area contributed by atoms with Gasteiger partial charge in [0.15, 0.2) is 0 Å². The zero-order valence-electron chi connectivity index (χ0n) is 14.9. The molecule has 6 nitrogen and oxygen atoms in total. The van der Waals surface area contributed by atoms with Crippen LogP contribution >= 0.6 is 0 Å². The zero-order chi connectivity index (χ0) is 18.4. The molecule has 0 spiro atoms. The standard InChI is InChI=1S/C20H25N3O3/c24-18(21-12-11-19(25)23-13-1-2-14-23)10-5-15-3-6-16(7-4-15)20(26)22-17-8-9-17/h3-7,10,17H,1-2,8-9,11-14H2,(H,21,24)(H,22,26)/b10-5+. The van der Waals surface area contributed by atoms with E-state index in [2.05, 4.69) is 10.6 Å². The molecule has 6 heteroatoms. The van der Waals surface area contributed by atoms with Crippen LogP contribution in [0.15, 0.2) is 30.3 Å². The van der Waals surface area contributed by atoms with E-state index in [0.29, 0.717) is 24.6 Å². The van der Waals surface area contributed by atoms with Gasteiger partial charge in [0, 0.05) is 43.7 Å². The highest BCUT2D eigenvalue weighted by Gasteiger charge is 2.23. The number of hydrogen-bond donors (Lipinski definition) is 2. The van der Waals surface area contributed by atoms with Gasteiger partial charge in [0.1, 0.15) is 0 Å². The monoisotopic (exact) mass is 355 g/mol. The number of nitrogens with one attached hydrogen (secondary N) is 2. The highest BCUT2D eigenvalue weighted by molar-refractivity contribution is 5.95. The van der Waals surface area contributed by atoms with Crippen molar-refractivity contribution >= 4 is 23.8 Å². The average Bonchev–Trinajstić information content (AvgIpc) is 3.28. The van der Waals surface area contributed by atoms with E-state index in [1.165, 1.54) is 6.08 Å². The molecule has 0 atom stereocenters. The maximum Gasteiger partial charge on any atom is 0.251 e. The van der Waals surface area contributed by atoms with Crippen LogP contribution in [0.2, 0.25) is 0 Å². The Kier molecular flexibility index (Phi) is 6.04. The van der Waals surface area contributed by atoms with Gasteiger partial charge in [-0.05, 0) is 49.5 Å². The van der Waals surface area contributed by atoms with Gasteiger partial charge in [0.25, 0.3) is 5.91 Å². The molecule has 1 aromatic rings. The Bertz CT molecular complexity index is 687. The van der Waals surface area contributed by atoms with Crippen molar-refractivity contribution in [1.82, 2.24) is 15.5 Å². The van der Waals surface area contributed by atoms with Crippen molar-refractivity contribution in [2.75, 3.05) is 19.6 Å². The first-order chi connectivity index (χ1) is 12.6. The van der Waals surface area contributed by atoms with E-state index in [0.717, 1.165) is 44.3 Å². The normalized spacial score (nSPS) is 16.7. The van der Waals surface area contributed by atoms with Crippen LogP contribution in [-0.2, 0) is 9.59 Å². The molecule has 0 radical (unpaired) electrons. The Labute approximate surface area is 153 Å². The van der Waals surface area contributed by atoms with Crippen molar-refractivity contribution in [1.29, 1.82) is 0 Å². The lowest BCUT2D eigenvalue weighted by atomic mass is 10.1. The van der Waals surface area contributed by atoms with Gasteiger partial charge in [0.2, 0.25) is 11.8 Å². The second kappa shape index (κ2) is 8.65. The van der Waals surface area contributed by atoms with Crippen molar-refractivity contribution in [2.45, 2.75) is 38.1 Å².